The molecule has 2 rings (SSSR count). The molecule has 0 bridgehead atoms. The number of alkyl halides is 2. The van der Waals surface area contributed by atoms with Gasteiger partial charge in [0.05, 0.1) is 11.1 Å². The van der Waals surface area contributed by atoms with Gasteiger partial charge in [0.1, 0.15) is 5.82 Å². The van der Waals surface area contributed by atoms with Crippen molar-refractivity contribution in [1.82, 2.24) is 9.78 Å². The molecular formula is C14H17F2N5. The minimum atomic E-state index is -2.78. The molecular weight excluding hydrogens is 276 g/mol. The molecule has 2 aromatic rings. The van der Waals surface area contributed by atoms with Gasteiger partial charge in [0.15, 0.2) is 0 Å². The molecule has 0 amide bonds. The summed E-state index contributed by atoms with van der Waals surface area (Å²) >= 11 is 0. The lowest BCUT2D eigenvalue weighted by atomic mass is 10.0. The van der Waals surface area contributed by atoms with Crippen molar-refractivity contribution < 1.29 is 8.78 Å². The Labute approximate surface area is 120 Å². The topological polar surface area (TPSA) is 95.9 Å². The van der Waals surface area contributed by atoms with Crippen LogP contribution in [0.15, 0.2) is 35.8 Å². The van der Waals surface area contributed by atoms with Crippen molar-refractivity contribution in [1.29, 1.82) is 0 Å². The number of hydrogen-bond acceptors (Lipinski definition) is 4. The normalized spacial score (nSPS) is 12.1. The van der Waals surface area contributed by atoms with Crippen LogP contribution in [0.1, 0.15) is 11.1 Å². The Morgan fingerprint density at radius 2 is 1.95 bits per heavy atom. The van der Waals surface area contributed by atoms with Crippen molar-refractivity contribution in [2.24, 2.45) is 24.2 Å². The predicted molar refractivity (Wildman–Crippen MR) is 79.0 cm³/mol. The summed E-state index contributed by atoms with van der Waals surface area (Å²) in [5, 5.41) is 5.19. The Morgan fingerprint density at radius 1 is 1.29 bits per heavy atom. The molecule has 7 heteroatoms. The summed E-state index contributed by atoms with van der Waals surface area (Å²) in [7, 11) is 1.81. The van der Waals surface area contributed by atoms with E-state index >= 15 is 0 Å². The van der Waals surface area contributed by atoms with Gasteiger partial charge in [0.25, 0.3) is 6.43 Å². The number of aryl methyl sites for hydroxylation is 2. The van der Waals surface area contributed by atoms with E-state index in [2.05, 4.69) is 5.10 Å². The molecule has 21 heavy (non-hydrogen) atoms. The van der Waals surface area contributed by atoms with Gasteiger partial charge in [-0.25, -0.2) is 8.78 Å². The molecule has 0 unspecified atom stereocenters. The molecule has 1 aromatic carbocycles. The smallest absolute Gasteiger partial charge is 0.267 e. The second-order valence-electron chi connectivity index (χ2n) is 4.78. The van der Waals surface area contributed by atoms with Crippen LogP contribution in [0.3, 0.4) is 0 Å². The van der Waals surface area contributed by atoms with Crippen LogP contribution in [0.5, 0.6) is 0 Å². The van der Waals surface area contributed by atoms with E-state index in [4.69, 9.17) is 17.2 Å². The lowest BCUT2D eigenvalue weighted by Crippen LogP contribution is -2.16. The molecule has 1 aromatic heterocycles. The fourth-order valence-corrected chi connectivity index (χ4v) is 2.18. The Kier molecular flexibility index (Phi) is 3.84. The van der Waals surface area contributed by atoms with Gasteiger partial charge >= 0.3 is 0 Å². The standard InChI is InChI=1S/C14H17F2N5/c1-7-8(3-4-12-10(7)6-21(2)20-12)11(17)5-9(13(15)16)14(18)19/h3-6,13H,17-19H2,1-2H3/b11-5-. The van der Waals surface area contributed by atoms with Gasteiger partial charge in [-0.1, -0.05) is 6.07 Å². The fraction of sp³-hybridized carbons (Fsp3) is 0.214. The first-order valence-corrected chi connectivity index (χ1v) is 6.25. The van der Waals surface area contributed by atoms with Gasteiger partial charge < -0.3 is 17.2 Å². The zero-order valence-electron chi connectivity index (χ0n) is 11.8. The summed E-state index contributed by atoms with van der Waals surface area (Å²) in [6.45, 7) is 1.86. The summed E-state index contributed by atoms with van der Waals surface area (Å²) < 4.78 is 27.4. The van der Waals surface area contributed by atoms with Gasteiger partial charge in [-0.3, -0.25) is 4.68 Å². The Hall–Kier alpha value is -2.57. The van der Waals surface area contributed by atoms with Gasteiger partial charge in [-0.05, 0) is 24.6 Å². The highest BCUT2D eigenvalue weighted by Gasteiger charge is 2.14. The Balaban J connectivity index is 2.55. The third kappa shape index (κ3) is 2.81. The van der Waals surface area contributed by atoms with Crippen LogP contribution < -0.4 is 17.2 Å². The predicted octanol–water partition coefficient (Wildman–Crippen LogP) is 1.58. The molecule has 0 aliphatic heterocycles. The molecule has 0 fully saturated rings. The number of fused-ring (bicyclic) bond motifs is 1. The monoisotopic (exact) mass is 293 g/mol. The molecule has 112 valence electrons. The summed E-state index contributed by atoms with van der Waals surface area (Å²) in [5.74, 6) is -0.437. The highest BCUT2D eigenvalue weighted by atomic mass is 19.3. The van der Waals surface area contributed by atoms with E-state index in [-0.39, 0.29) is 5.70 Å². The van der Waals surface area contributed by atoms with E-state index in [0.717, 1.165) is 22.5 Å². The number of nitrogens with zero attached hydrogens (tertiary/aromatic N) is 2. The zero-order valence-corrected chi connectivity index (χ0v) is 11.8. The maximum Gasteiger partial charge on any atom is 0.267 e. The summed E-state index contributed by atoms with van der Waals surface area (Å²) in [5.41, 5.74) is 18.5. The average Bonchev–Trinajstić information content (AvgIpc) is 2.77. The minimum Gasteiger partial charge on any atom is -0.398 e. The largest absolute Gasteiger partial charge is 0.398 e. The molecule has 0 atom stereocenters. The quantitative estimate of drug-likeness (QED) is 0.748. The van der Waals surface area contributed by atoms with Crippen LogP contribution >= 0.6 is 0 Å². The Morgan fingerprint density at radius 3 is 2.52 bits per heavy atom. The molecule has 0 radical (unpaired) electrons. The first-order chi connectivity index (χ1) is 9.81. The number of allylic oxidation sites excluding steroid dienone is 2. The van der Waals surface area contributed by atoms with Crippen molar-refractivity contribution in [3.8, 4) is 0 Å². The summed E-state index contributed by atoms with van der Waals surface area (Å²) in [6.07, 6.45) is 0.184. The summed E-state index contributed by atoms with van der Waals surface area (Å²) in [6, 6.07) is 3.53. The van der Waals surface area contributed by atoms with E-state index in [1.807, 2.05) is 20.2 Å². The lowest BCUT2D eigenvalue weighted by molar-refractivity contribution is 0.192. The van der Waals surface area contributed by atoms with Gasteiger partial charge in [-0.15, -0.1) is 0 Å². The zero-order chi connectivity index (χ0) is 15.7. The van der Waals surface area contributed by atoms with Gasteiger partial charge in [0.2, 0.25) is 0 Å². The van der Waals surface area contributed by atoms with Crippen LogP contribution in [-0.2, 0) is 7.05 Å². The average molecular weight is 293 g/mol. The number of halogens is 2. The molecule has 0 spiro atoms. The molecule has 0 aliphatic carbocycles. The van der Waals surface area contributed by atoms with Gasteiger partial charge in [-0.2, -0.15) is 5.10 Å². The van der Waals surface area contributed by atoms with Crippen molar-refractivity contribution >= 4 is 16.6 Å². The molecule has 0 aliphatic rings. The second kappa shape index (κ2) is 5.43. The summed E-state index contributed by atoms with van der Waals surface area (Å²) in [4.78, 5) is 0. The number of hydrogen-bond donors (Lipinski definition) is 3. The Bertz CT molecular complexity index is 739. The maximum absolute atomic E-state index is 12.9. The number of rotatable bonds is 3. The lowest BCUT2D eigenvalue weighted by Gasteiger charge is -2.09. The van der Waals surface area contributed by atoms with Gasteiger partial charge in [0, 0.05) is 29.9 Å². The number of nitrogens with two attached hydrogens (primary N) is 3. The van der Waals surface area contributed by atoms with Crippen molar-refractivity contribution in [3.05, 3.63) is 46.9 Å². The van der Waals surface area contributed by atoms with Crippen molar-refractivity contribution in [2.45, 2.75) is 13.3 Å². The second-order valence-corrected chi connectivity index (χ2v) is 4.78. The highest BCUT2D eigenvalue weighted by Crippen LogP contribution is 2.25. The first kappa shape index (κ1) is 14.8. The van der Waals surface area contributed by atoms with E-state index in [1.165, 1.54) is 0 Å². The first-order valence-electron chi connectivity index (χ1n) is 6.25. The van der Waals surface area contributed by atoms with Crippen LogP contribution in [-0.4, -0.2) is 16.2 Å². The van der Waals surface area contributed by atoms with E-state index in [0.29, 0.717) is 5.56 Å². The van der Waals surface area contributed by atoms with Crippen LogP contribution in [0, 0.1) is 6.92 Å². The van der Waals surface area contributed by atoms with Crippen molar-refractivity contribution in [3.63, 3.8) is 0 Å². The minimum absolute atomic E-state index is 0.182. The van der Waals surface area contributed by atoms with Crippen LogP contribution in [0.4, 0.5) is 8.78 Å². The van der Waals surface area contributed by atoms with Crippen LogP contribution in [0.2, 0.25) is 0 Å². The fourth-order valence-electron chi connectivity index (χ4n) is 2.18. The number of benzene rings is 1. The molecule has 6 N–H and O–H groups in total. The number of aromatic nitrogens is 2. The third-order valence-electron chi connectivity index (χ3n) is 3.26. The van der Waals surface area contributed by atoms with E-state index < -0.39 is 17.8 Å². The molecule has 0 saturated heterocycles. The highest BCUT2D eigenvalue weighted by molar-refractivity contribution is 5.87. The molecule has 1 heterocycles. The van der Waals surface area contributed by atoms with Crippen molar-refractivity contribution in [2.75, 3.05) is 0 Å². The van der Waals surface area contributed by atoms with E-state index in [1.54, 1.807) is 16.8 Å². The van der Waals surface area contributed by atoms with E-state index in [9.17, 15) is 8.78 Å². The maximum atomic E-state index is 12.9. The van der Waals surface area contributed by atoms with Crippen LogP contribution in [0.25, 0.3) is 16.6 Å². The molecule has 0 saturated carbocycles. The third-order valence-corrected chi connectivity index (χ3v) is 3.26. The molecule has 5 nitrogen and oxygen atoms in total. The SMILES string of the molecule is Cc1c(/C(N)=C/C(=C(N)N)C(F)F)ccc2nn(C)cc12.